The molecule has 2 aromatic rings. The number of ether oxygens (including phenoxy) is 1. The van der Waals surface area contributed by atoms with Gasteiger partial charge < -0.3 is 26.4 Å². The number of nitrogens with one attached hydrogen (secondary N) is 4. The van der Waals surface area contributed by atoms with Crippen LogP contribution in [0.5, 0.6) is 0 Å². The predicted molar refractivity (Wildman–Crippen MR) is 115 cm³/mol. The van der Waals surface area contributed by atoms with Crippen molar-refractivity contribution in [3.63, 3.8) is 0 Å². The van der Waals surface area contributed by atoms with E-state index in [2.05, 4.69) is 20.9 Å². The summed E-state index contributed by atoms with van der Waals surface area (Å²) in [6.45, 7) is 1.78. The summed E-state index contributed by atoms with van der Waals surface area (Å²) in [4.78, 5) is 41.0. The average molecular weight is 426 g/mol. The molecule has 0 aliphatic heterocycles. The third-order valence-electron chi connectivity index (χ3n) is 4.12. The van der Waals surface area contributed by atoms with E-state index in [1.807, 2.05) is 18.2 Å². The fourth-order valence-corrected chi connectivity index (χ4v) is 2.61. The van der Waals surface area contributed by atoms with Gasteiger partial charge in [-0.15, -0.1) is 0 Å². The van der Waals surface area contributed by atoms with E-state index < -0.39 is 23.8 Å². The zero-order chi connectivity index (χ0) is 22.6. The van der Waals surface area contributed by atoms with Gasteiger partial charge in [-0.2, -0.15) is 0 Å². The molecule has 2 rings (SSSR count). The van der Waals surface area contributed by atoms with Crippen molar-refractivity contribution in [2.75, 3.05) is 25.0 Å². The van der Waals surface area contributed by atoms with Crippen molar-refractivity contribution in [3.05, 3.63) is 59.9 Å². The maximum atomic E-state index is 12.6. The Balaban J connectivity index is 1.91. The van der Waals surface area contributed by atoms with Gasteiger partial charge in [0, 0.05) is 36.1 Å². The molecule has 1 aromatic carbocycles. The Bertz CT molecular complexity index is 919. The molecule has 1 unspecified atom stereocenters. The fraction of sp³-hybridized carbons (Fsp3) is 0.286. The van der Waals surface area contributed by atoms with Crippen molar-refractivity contribution >= 4 is 29.3 Å². The number of pyridine rings is 1. The highest BCUT2D eigenvalue weighted by Gasteiger charge is 2.28. The largest absolute Gasteiger partial charge is 0.464 e. The Hall–Kier alpha value is -3.95. The van der Waals surface area contributed by atoms with Gasteiger partial charge >= 0.3 is 5.97 Å². The molecule has 0 fully saturated rings. The molecule has 164 valence electrons. The van der Waals surface area contributed by atoms with Gasteiger partial charge in [-0.05, 0) is 31.2 Å². The van der Waals surface area contributed by atoms with E-state index in [4.69, 9.17) is 15.9 Å². The molecule has 1 atom stereocenters. The first kappa shape index (κ1) is 23.3. The molecule has 1 heterocycles. The number of carbonyl (C=O) groups is 3. The number of amides is 2. The smallest absolute Gasteiger partial charge is 0.338 e. The first-order valence-corrected chi connectivity index (χ1v) is 9.72. The number of nitrogen functional groups attached to an aromatic ring is 1. The summed E-state index contributed by atoms with van der Waals surface area (Å²) >= 11 is 0. The molecule has 10 heteroatoms. The summed E-state index contributed by atoms with van der Waals surface area (Å²) in [5.41, 5.74) is 7.15. The maximum Gasteiger partial charge on any atom is 0.338 e. The lowest BCUT2D eigenvalue weighted by molar-refractivity contribution is -0.147. The van der Waals surface area contributed by atoms with E-state index >= 15 is 0 Å². The monoisotopic (exact) mass is 426 g/mol. The van der Waals surface area contributed by atoms with Gasteiger partial charge in [0.1, 0.15) is 5.84 Å². The molecule has 10 nitrogen and oxygen atoms in total. The second-order valence-electron chi connectivity index (χ2n) is 6.46. The van der Waals surface area contributed by atoms with Gasteiger partial charge in [-0.25, -0.2) is 4.79 Å². The molecule has 1 aromatic heterocycles. The van der Waals surface area contributed by atoms with Crippen molar-refractivity contribution in [2.24, 2.45) is 5.73 Å². The van der Waals surface area contributed by atoms with Crippen molar-refractivity contribution in [1.29, 1.82) is 5.41 Å². The lowest BCUT2D eigenvalue weighted by Crippen LogP contribution is -2.48. The molecule has 0 saturated carbocycles. The van der Waals surface area contributed by atoms with Crippen LogP contribution in [0.3, 0.4) is 0 Å². The molecular weight excluding hydrogens is 400 g/mol. The van der Waals surface area contributed by atoms with Crippen LogP contribution in [0.1, 0.15) is 18.2 Å². The lowest BCUT2D eigenvalue weighted by Gasteiger charge is -2.18. The first-order chi connectivity index (χ1) is 14.9. The molecule has 31 heavy (non-hydrogen) atoms. The number of hydrogen-bond donors (Lipinski definition) is 5. The highest BCUT2D eigenvalue weighted by Crippen LogP contribution is 2.12. The lowest BCUT2D eigenvalue weighted by atomic mass is 10.1. The molecule has 0 spiro atoms. The quantitative estimate of drug-likeness (QED) is 0.148. The van der Waals surface area contributed by atoms with Crippen molar-refractivity contribution in [1.82, 2.24) is 15.6 Å². The zero-order valence-corrected chi connectivity index (χ0v) is 17.2. The number of nitrogens with two attached hydrogens (primary N) is 1. The number of esters is 1. The van der Waals surface area contributed by atoms with Crippen LogP contribution in [0.15, 0.2) is 48.7 Å². The summed E-state index contributed by atoms with van der Waals surface area (Å²) < 4.78 is 4.96. The van der Waals surface area contributed by atoms with Crippen LogP contribution in [0, 0.1) is 5.41 Å². The van der Waals surface area contributed by atoms with Gasteiger partial charge in [-0.3, -0.25) is 20.0 Å². The third kappa shape index (κ3) is 7.77. The van der Waals surface area contributed by atoms with E-state index in [1.54, 1.807) is 31.3 Å². The zero-order valence-electron chi connectivity index (χ0n) is 17.2. The van der Waals surface area contributed by atoms with Crippen molar-refractivity contribution < 1.29 is 19.1 Å². The van der Waals surface area contributed by atoms with E-state index in [1.165, 1.54) is 6.07 Å². The Kier molecular flexibility index (Phi) is 8.96. The summed E-state index contributed by atoms with van der Waals surface area (Å²) in [6.07, 6.45) is 2.23. The maximum absolute atomic E-state index is 12.6. The number of carbonyl (C=O) groups excluding carboxylic acids is 3. The van der Waals surface area contributed by atoms with E-state index in [0.29, 0.717) is 24.2 Å². The van der Waals surface area contributed by atoms with Crippen molar-refractivity contribution in [2.45, 2.75) is 19.4 Å². The number of benzene rings is 1. The van der Waals surface area contributed by atoms with E-state index in [0.717, 1.165) is 5.69 Å². The number of nitrogens with zero attached hydrogens (tertiary/aromatic N) is 1. The number of aromatic nitrogens is 1. The minimum Gasteiger partial charge on any atom is -0.464 e. The van der Waals surface area contributed by atoms with Crippen LogP contribution in [0.25, 0.3) is 0 Å². The Morgan fingerprint density at radius 3 is 2.65 bits per heavy atom. The normalized spacial score (nSPS) is 11.1. The standard InChI is InChI=1S/C21H26N6O4/c1-2-31-21(30)18(27-16-8-5-6-14(12-16)19(22)23)20(29)26-13-17(28)25-11-9-15-7-3-4-10-24-15/h3-8,10,12,18,27H,2,9,11,13H2,1H3,(H3,22,23)(H,25,28)(H,26,29). The molecule has 6 N–H and O–H groups in total. The second kappa shape index (κ2) is 11.9. The Labute approximate surface area is 180 Å². The van der Waals surface area contributed by atoms with Crippen molar-refractivity contribution in [3.8, 4) is 0 Å². The fourth-order valence-electron chi connectivity index (χ4n) is 2.61. The summed E-state index contributed by atoms with van der Waals surface area (Å²) in [7, 11) is 0. The molecular formula is C21H26N6O4. The Morgan fingerprint density at radius 2 is 1.97 bits per heavy atom. The minimum atomic E-state index is -1.37. The average Bonchev–Trinajstić information content (AvgIpc) is 2.77. The van der Waals surface area contributed by atoms with Crippen LogP contribution < -0.4 is 21.7 Å². The van der Waals surface area contributed by atoms with Gasteiger partial charge in [0.2, 0.25) is 11.9 Å². The molecule has 0 radical (unpaired) electrons. The van der Waals surface area contributed by atoms with Crippen LogP contribution in [-0.4, -0.2) is 54.3 Å². The predicted octanol–water partition coefficient (Wildman–Crippen LogP) is 0.184. The van der Waals surface area contributed by atoms with Crippen LogP contribution in [-0.2, 0) is 25.5 Å². The van der Waals surface area contributed by atoms with E-state index in [9.17, 15) is 14.4 Å². The molecule has 0 saturated heterocycles. The summed E-state index contributed by atoms with van der Waals surface area (Å²) in [5.74, 6) is -2.05. The van der Waals surface area contributed by atoms with Gasteiger partial charge in [0.25, 0.3) is 5.91 Å². The van der Waals surface area contributed by atoms with Gasteiger partial charge in [-0.1, -0.05) is 18.2 Å². The van der Waals surface area contributed by atoms with Crippen LogP contribution in [0.4, 0.5) is 5.69 Å². The number of hydrogen-bond acceptors (Lipinski definition) is 7. The number of amidine groups is 1. The Morgan fingerprint density at radius 1 is 1.16 bits per heavy atom. The van der Waals surface area contributed by atoms with Crippen LogP contribution in [0.2, 0.25) is 0 Å². The SMILES string of the molecule is CCOC(=O)C(Nc1cccc(C(=N)N)c1)C(=O)NCC(=O)NCCc1ccccn1. The number of anilines is 1. The summed E-state index contributed by atoms with van der Waals surface area (Å²) in [5, 5.41) is 15.4. The molecule has 0 aliphatic carbocycles. The summed E-state index contributed by atoms with van der Waals surface area (Å²) in [6, 6.07) is 10.6. The molecule has 2 amide bonds. The van der Waals surface area contributed by atoms with Gasteiger partial charge in [0.05, 0.1) is 13.2 Å². The van der Waals surface area contributed by atoms with Gasteiger partial charge in [0.15, 0.2) is 0 Å². The molecule has 0 bridgehead atoms. The second-order valence-corrected chi connectivity index (χ2v) is 6.46. The third-order valence-corrected chi connectivity index (χ3v) is 4.12. The first-order valence-electron chi connectivity index (χ1n) is 9.72. The highest BCUT2D eigenvalue weighted by atomic mass is 16.5. The molecule has 0 aliphatic rings. The van der Waals surface area contributed by atoms with E-state index in [-0.39, 0.29) is 19.0 Å². The minimum absolute atomic E-state index is 0.0891. The highest BCUT2D eigenvalue weighted by molar-refractivity contribution is 6.05. The number of rotatable bonds is 11. The topological polar surface area (TPSA) is 159 Å². The van der Waals surface area contributed by atoms with Crippen LogP contribution >= 0.6 is 0 Å².